The van der Waals surface area contributed by atoms with Crippen molar-refractivity contribution < 1.29 is 14.3 Å². The summed E-state index contributed by atoms with van der Waals surface area (Å²) in [5.74, 6) is 0.934. The molecular weight excluding hydrogens is 204 g/mol. The van der Waals surface area contributed by atoms with Crippen molar-refractivity contribution in [3.05, 3.63) is 41.7 Å². The fraction of sp³-hybridized carbons (Fsp3) is 0.308. The molecule has 0 fully saturated rings. The third-order valence-corrected chi connectivity index (χ3v) is 2.12. The molecule has 0 spiro atoms. The first-order valence-electron chi connectivity index (χ1n) is 5.22. The summed E-state index contributed by atoms with van der Waals surface area (Å²) in [4.78, 5) is 11.4. The Kier molecular flexibility index (Phi) is 4.58. The Morgan fingerprint density at radius 3 is 2.38 bits per heavy atom. The van der Waals surface area contributed by atoms with Gasteiger partial charge in [-0.1, -0.05) is 18.2 Å². The highest BCUT2D eigenvalue weighted by molar-refractivity contribution is 5.88. The second kappa shape index (κ2) is 5.95. The molecule has 1 aromatic rings. The molecule has 0 atom stereocenters. The molecule has 3 heteroatoms. The van der Waals surface area contributed by atoms with E-state index in [1.807, 2.05) is 30.3 Å². The van der Waals surface area contributed by atoms with Crippen LogP contribution in [0.1, 0.15) is 20.8 Å². The van der Waals surface area contributed by atoms with Gasteiger partial charge in [0.1, 0.15) is 11.5 Å². The number of carbonyl (C=O) groups excluding carboxylic acids is 1. The topological polar surface area (TPSA) is 35.5 Å². The lowest BCUT2D eigenvalue weighted by Crippen LogP contribution is -2.09. The molecule has 0 saturated heterocycles. The minimum absolute atomic E-state index is 0.337. The van der Waals surface area contributed by atoms with Gasteiger partial charge in [-0.3, -0.25) is 0 Å². The van der Waals surface area contributed by atoms with E-state index in [9.17, 15) is 4.79 Å². The molecule has 0 aliphatic carbocycles. The lowest BCUT2D eigenvalue weighted by atomic mass is 10.2. The van der Waals surface area contributed by atoms with E-state index < -0.39 is 0 Å². The maximum atomic E-state index is 11.4. The van der Waals surface area contributed by atoms with Crippen molar-refractivity contribution in [2.75, 3.05) is 6.61 Å². The largest absolute Gasteiger partial charge is 0.463 e. The highest BCUT2D eigenvalue weighted by Gasteiger charge is 2.09. The van der Waals surface area contributed by atoms with Crippen LogP contribution in [0.25, 0.3) is 0 Å². The Morgan fingerprint density at radius 1 is 1.19 bits per heavy atom. The Hall–Kier alpha value is -1.77. The molecule has 3 nitrogen and oxygen atoms in total. The molecule has 86 valence electrons. The predicted molar refractivity (Wildman–Crippen MR) is 62.1 cm³/mol. The summed E-state index contributed by atoms with van der Waals surface area (Å²) in [5, 5.41) is 0. The van der Waals surface area contributed by atoms with Crippen LogP contribution < -0.4 is 4.74 Å². The summed E-state index contributed by atoms with van der Waals surface area (Å²) < 4.78 is 10.4. The highest BCUT2D eigenvalue weighted by atomic mass is 16.5. The molecule has 0 aliphatic heterocycles. The van der Waals surface area contributed by atoms with Crippen LogP contribution >= 0.6 is 0 Å². The van der Waals surface area contributed by atoms with Crippen LogP contribution in [0.2, 0.25) is 0 Å². The van der Waals surface area contributed by atoms with Crippen molar-refractivity contribution in [3.8, 4) is 5.75 Å². The van der Waals surface area contributed by atoms with Gasteiger partial charge >= 0.3 is 5.97 Å². The third kappa shape index (κ3) is 3.42. The van der Waals surface area contributed by atoms with Gasteiger partial charge in [-0.05, 0) is 32.9 Å². The number of para-hydroxylation sites is 1. The average Bonchev–Trinajstić information content (AvgIpc) is 2.29. The smallest absolute Gasteiger partial charge is 0.337 e. The van der Waals surface area contributed by atoms with Crippen LogP contribution in [0.3, 0.4) is 0 Å². The average molecular weight is 220 g/mol. The van der Waals surface area contributed by atoms with Crippen LogP contribution in [0.15, 0.2) is 41.7 Å². The highest BCUT2D eigenvalue weighted by Crippen LogP contribution is 2.15. The van der Waals surface area contributed by atoms with Crippen LogP contribution in [0.5, 0.6) is 5.75 Å². The van der Waals surface area contributed by atoms with Gasteiger partial charge in [-0.25, -0.2) is 4.79 Å². The molecule has 0 bridgehead atoms. The van der Waals surface area contributed by atoms with E-state index in [2.05, 4.69) is 0 Å². The minimum Gasteiger partial charge on any atom is -0.463 e. The predicted octanol–water partition coefficient (Wildman–Crippen LogP) is 2.92. The first-order chi connectivity index (χ1) is 7.65. The maximum Gasteiger partial charge on any atom is 0.337 e. The van der Waals surface area contributed by atoms with Crippen LogP contribution in [-0.4, -0.2) is 12.6 Å². The SMILES string of the molecule is CCOC(=O)C(C)=C(C)Oc1ccccc1. The Morgan fingerprint density at radius 2 is 1.81 bits per heavy atom. The van der Waals surface area contributed by atoms with Crippen molar-refractivity contribution in [1.82, 2.24) is 0 Å². The van der Waals surface area contributed by atoms with E-state index in [1.54, 1.807) is 20.8 Å². The second-order valence-corrected chi connectivity index (χ2v) is 3.32. The first kappa shape index (κ1) is 12.3. The summed E-state index contributed by atoms with van der Waals surface area (Å²) in [6, 6.07) is 9.33. The van der Waals surface area contributed by atoms with Gasteiger partial charge < -0.3 is 9.47 Å². The molecule has 0 N–H and O–H groups in total. The zero-order chi connectivity index (χ0) is 12.0. The van der Waals surface area contributed by atoms with Crippen LogP contribution in [0, 0.1) is 0 Å². The summed E-state index contributed by atoms with van der Waals surface area (Å²) >= 11 is 0. The molecule has 1 aromatic carbocycles. The summed E-state index contributed by atoms with van der Waals surface area (Å²) in [6.45, 7) is 5.59. The van der Waals surface area contributed by atoms with Crippen molar-refractivity contribution in [2.45, 2.75) is 20.8 Å². The number of benzene rings is 1. The van der Waals surface area contributed by atoms with E-state index >= 15 is 0 Å². The Labute approximate surface area is 95.7 Å². The number of ether oxygens (including phenoxy) is 2. The zero-order valence-electron chi connectivity index (χ0n) is 9.82. The Bertz CT molecular complexity index is 379. The molecular formula is C13H16O3. The number of hydrogen-bond donors (Lipinski definition) is 0. The van der Waals surface area contributed by atoms with E-state index in [1.165, 1.54) is 0 Å². The fourth-order valence-electron chi connectivity index (χ4n) is 1.12. The lowest BCUT2D eigenvalue weighted by Gasteiger charge is -2.09. The molecule has 0 aromatic heterocycles. The number of carbonyl (C=O) groups is 1. The van der Waals surface area contributed by atoms with Crippen LogP contribution in [0.4, 0.5) is 0 Å². The van der Waals surface area contributed by atoms with Crippen molar-refractivity contribution in [2.24, 2.45) is 0 Å². The number of hydrogen-bond acceptors (Lipinski definition) is 3. The molecule has 16 heavy (non-hydrogen) atoms. The van der Waals surface area contributed by atoms with Gasteiger partial charge in [0.25, 0.3) is 0 Å². The molecule has 0 heterocycles. The van der Waals surface area contributed by atoms with E-state index in [0.717, 1.165) is 0 Å². The molecule has 0 saturated carbocycles. The minimum atomic E-state index is -0.337. The number of esters is 1. The maximum absolute atomic E-state index is 11.4. The second-order valence-electron chi connectivity index (χ2n) is 3.32. The van der Waals surface area contributed by atoms with E-state index in [4.69, 9.17) is 9.47 Å². The van der Waals surface area contributed by atoms with Gasteiger partial charge in [0.05, 0.1) is 12.2 Å². The van der Waals surface area contributed by atoms with Gasteiger partial charge in [0.2, 0.25) is 0 Å². The first-order valence-corrected chi connectivity index (χ1v) is 5.22. The molecule has 0 radical (unpaired) electrons. The summed E-state index contributed by atoms with van der Waals surface area (Å²) in [6.07, 6.45) is 0. The molecule has 0 amide bonds. The van der Waals surface area contributed by atoms with Gasteiger partial charge in [-0.2, -0.15) is 0 Å². The monoisotopic (exact) mass is 220 g/mol. The normalized spacial score (nSPS) is 11.7. The van der Waals surface area contributed by atoms with Crippen molar-refractivity contribution in [1.29, 1.82) is 0 Å². The van der Waals surface area contributed by atoms with Gasteiger partial charge in [0.15, 0.2) is 0 Å². The van der Waals surface area contributed by atoms with Gasteiger partial charge in [-0.15, -0.1) is 0 Å². The third-order valence-electron chi connectivity index (χ3n) is 2.12. The Balaban J connectivity index is 2.73. The van der Waals surface area contributed by atoms with E-state index in [-0.39, 0.29) is 5.97 Å². The summed E-state index contributed by atoms with van der Waals surface area (Å²) in [7, 11) is 0. The fourth-order valence-corrected chi connectivity index (χ4v) is 1.12. The standard InChI is InChI=1S/C13H16O3/c1-4-15-13(14)10(2)11(3)16-12-8-6-5-7-9-12/h5-9H,4H2,1-3H3. The number of rotatable bonds is 4. The van der Waals surface area contributed by atoms with Gasteiger partial charge in [0, 0.05) is 0 Å². The van der Waals surface area contributed by atoms with Crippen molar-refractivity contribution in [3.63, 3.8) is 0 Å². The quantitative estimate of drug-likeness (QED) is 0.444. The molecule has 0 unspecified atom stereocenters. The zero-order valence-corrected chi connectivity index (χ0v) is 9.82. The lowest BCUT2D eigenvalue weighted by molar-refractivity contribution is -0.138. The molecule has 0 aliphatic rings. The van der Waals surface area contributed by atoms with E-state index in [0.29, 0.717) is 23.7 Å². The van der Waals surface area contributed by atoms with Crippen molar-refractivity contribution >= 4 is 5.97 Å². The summed E-state index contributed by atoms with van der Waals surface area (Å²) in [5.41, 5.74) is 0.491. The number of allylic oxidation sites excluding steroid dienone is 1. The van der Waals surface area contributed by atoms with Crippen LogP contribution in [-0.2, 0) is 9.53 Å². The molecule has 1 rings (SSSR count).